The lowest BCUT2D eigenvalue weighted by Gasteiger charge is -2.36. The summed E-state index contributed by atoms with van der Waals surface area (Å²) < 4.78 is 161. The molecule has 2 aliphatic rings. The van der Waals surface area contributed by atoms with Crippen LogP contribution in [0.25, 0.3) is 5.57 Å². The first-order valence-electron chi connectivity index (χ1n) is 10.4. The number of allylic oxidation sites excluding steroid dienone is 8. The maximum absolute atomic E-state index is 13.6. The second-order valence-electron chi connectivity index (χ2n) is 8.60. The largest absolute Gasteiger partial charge is 0.417 e. The third kappa shape index (κ3) is 6.68. The van der Waals surface area contributed by atoms with Crippen molar-refractivity contribution in [3.05, 3.63) is 72.7 Å². The Bertz CT molecular complexity index is 1280. The van der Waals surface area contributed by atoms with E-state index in [-0.39, 0.29) is 31.7 Å². The van der Waals surface area contributed by atoms with Gasteiger partial charge in [0.15, 0.2) is 0 Å². The third-order valence-corrected chi connectivity index (χ3v) is 9.54. The minimum atomic E-state index is -5.37. The highest BCUT2D eigenvalue weighted by atomic mass is 79.9. The molecule has 1 aromatic rings. The van der Waals surface area contributed by atoms with Gasteiger partial charge in [-0.2, -0.15) is 52.7 Å². The molecule has 0 nitrogen and oxygen atoms in total. The molecule has 1 aromatic carbocycles. The highest BCUT2D eigenvalue weighted by molar-refractivity contribution is 9.12. The zero-order chi connectivity index (χ0) is 30.0. The fourth-order valence-corrected chi connectivity index (χ4v) is 7.17. The number of benzene rings is 1. The molecule has 0 aromatic heterocycles. The number of hydrogen-bond donors (Lipinski definition) is 0. The third-order valence-electron chi connectivity index (χ3n) is 6.07. The summed E-state index contributed by atoms with van der Waals surface area (Å²) >= 11 is 12.3. The van der Waals surface area contributed by atoms with E-state index < -0.39 is 68.5 Å². The molecule has 0 aliphatic heterocycles. The summed E-state index contributed by atoms with van der Waals surface area (Å²) in [5.74, 6) is -2.13. The van der Waals surface area contributed by atoms with Crippen LogP contribution in [0, 0.1) is 11.8 Å². The first-order valence-corrected chi connectivity index (χ1v) is 13.8. The highest BCUT2D eigenvalue weighted by Crippen LogP contribution is 2.52. The number of rotatable bonds is 2. The van der Waals surface area contributed by atoms with Gasteiger partial charge in [-0.05, 0) is 40.8 Å². The van der Waals surface area contributed by atoms with Crippen LogP contribution in [0.3, 0.4) is 0 Å². The summed E-state index contributed by atoms with van der Waals surface area (Å²) in [4.78, 5) is -2.16. The number of halogens is 16. The minimum Gasteiger partial charge on any atom is -0.166 e. The summed E-state index contributed by atoms with van der Waals surface area (Å²) in [7, 11) is 0. The van der Waals surface area contributed by atoms with E-state index in [1.807, 2.05) is 0 Å². The summed E-state index contributed by atoms with van der Waals surface area (Å²) in [5, 5.41) is 0. The van der Waals surface area contributed by atoms with Crippen molar-refractivity contribution in [2.24, 2.45) is 11.8 Å². The maximum atomic E-state index is 13.6. The van der Waals surface area contributed by atoms with Gasteiger partial charge in [-0.15, -0.1) is 0 Å². The second kappa shape index (κ2) is 10.8. The summed E-state index contributed by atoms with van der Waals surface area (Å²) in [6, 6.07) is 0.616. The van der Waals surface area contributed by atoms with Crippen molar-refractivity contribution in [2.75, 3.05) is 0 Å². The Kier molecular flexibility index (Phi) is 9.10. The molecule has 0 heterocycles. The van der Waals surface area contributed by atoms with E-state index in [1.165, 1.54) is 13.0 Å². The average Bonchev–Trinajstić information content (AvgIpc) is 2.74. The van der Waals surface area contributed by atoms with Crippen LogP contribution < -0.4 is 0 Å². The van der Waals surface area contributed by atoms with Crippen molar-refractivity contribution in [2.45, 2.75) is 41.3 Å². The summed E-state index contributed by atoms with van der Waals surface area (Å²) in [5.41, 5.74) is -7.65. The smallest absolute Gasteiger partial charge is 0.166 e. The fourth-order valence-electron chi connectivity index (χ4n) is 4.35. The Labute approximate surface area is 246 Å². The van der Waals surface area contributed by atoms with Crippen LogP contribution in [0.1, 0.15) is 23.6 Å². The molecular formula is C23H12Br4F12. The van der Waals surface area contributed by atoms with Crippen LogP contribution in [0.4, 0.5) is 52.7 Å². The van der Waals surface area contributed by atoms with E-state index in [1.54, 1.807) is 0 Å². The van der Waals surface area contributed by atoms with Gasteiger partial charge in [0.05, 0.1) is 22.3 Å². The molecule has 0 N–H and O–H groups in total. The molecule has 2 aliphatic carbocycles. The molecule has 4 atom stereocenters. The van der Waals surface area contributed by atoms with Gasteiger partial charge in [0.2, 0.25) is 0 Å². The molecule has 0 amide bonds. The van der Waals surface area contributed by atoms with Crippen LogP contribution in [0.5, 0.6) is 0 Å². The van der Waals surface area contributed by atoms with E-state index >= 15 is 0 Å². The van der Waals surface area contributed by atoms with Crippen LogP contribution in [-0.2, 0) is 12.4 Å². The summed E-state index contributed by atoms with van der Waals surface area (Å²) in [6.07, 6.45) is -19.3. The van der Waals surface area contributed by atoms with Crippen molar-refractivity contribution < 1.29 is 52.7 Å². The molecule has 39 heavy (non-hydrogen) atoms. The van der Waals surface area contributed by atoms with Crippen molar-refractivity contribution >= 4 is 69.3 Å². The second-order valence-corrected chi connectivity index (χ2v) is 12.3. The van der Waals surface area contributed by atoms with Crippen LogP contribution in [-0.4, -0.2) is 22.0 Å². The predicted molar refractivity (Wildman–Crippen MR) is 134 cm³/mol. The molecule has 0 fully saturated rings. The molecule has 3 rings (SSSR count). The SMILES string of the molecule is CC1C(c2cc(C(F)(F)F)c(C(F)(F)F)cc2Br)=C(Br)C=C(C2C=C(C(F)(F)F)C(C(F)(F)F)=CC2Br)C1Br. The Morgan fingerprint density at radius 2 is 1.13 bits per heavy atom. The molecule has 16 heteroatoms. The van der Waals surface area contributed by atoms with Crippen LogP contribution >= 0.6 is 63.7 Å². The Hall–Kier alpha value is -0.740. The van der Waals surface area contributed by atoms with Crippen molar-refractivity contribution in [3.8, 4) is 0 Å². The van der Waals surface area contributed by atoms with Gasteiger partial charge in [0, 0.05) is 24.5 Å². The maximum Gasteiger partial charge on any atom is 0.417 e. The Balaban J connectivity index is 2.21. The molecule has 0 saturated heterocycles. The van der Waals surface area contributed by atoms with Gasteiger partial charge in [0.25, 0.3) is 0 Å². The van der Waals surface area contributed by atoms with Crippen LogP contribution in [0.2, 0.25) is 0 Å². The summed E-state index contributed by atoms with van der Waals surface area (Å²) in [6.45, 7) is 1.46. The minimum absolute atomic E-state index is 0.0292. The first-order chi connectivity index (χ1) is 17.5. The Morgan fingerprint density at radius 1 is 0.667 bits per heavy atom. The van der Waals surface area contributed by atoms with Crippen molar-refractivity contribution in [1.29, 1.82) is 0 Å². The lowest BCUT2D eigenvalue weighted by molar-refractivity contribution is -0.162. The average molecular weight is 836 g/mol. The Morgan fingerprint density at radius 3 is 1.59 bits per heavy atom. The van der Waals surface area contributed by atoms with Gasteiger partial charge >= 0.3 is 24.7 Å². The molecule has 0 spiro atoms. The first kappa shape index (κ1) is 32.8. The normalized spacial score (nSPS) is 25.4. The van der Waals surface area contributed by atoms with E-state index in [0.29, 0.717) is 18.2 Å². The van der Waals surface area contributed by atoms with E-state index in [4.69, 9.17) is 0 Å². The van der Waals surface area contributed by atoms with Gasteiger partial charge in [-0.25, -0.2) is 0 Å². The zero-order valence-electron chi connectivity index (χ0n) is 18.7. The van der Waals surface area contributed by atoms with Crippen molar-refractivity contribution in [3.63, 3.8) is 0 Å². The van der Waals surface area contributed by atoms with Crippen LogP contribution in [0.15, 0.2) is 56.0 Å². The molecule has 0 bridgehead atoms. The predicted octanol–water partition coefficient (Wildman–Crippen LogP) is 11.3. The van der Waals surface area contributed by atoms with Gasteiger partial charge in [-0.1, -0.05) is 82.8 Å². The molecule has 0 saturated carbocycles. The standard InChI is InChI=1S/C23H12Br4F12/c1-7-18(10-3-12(21(31,32)33)14(6-16(10)25)23(37,38)39)17(26)4-9(19(7)27)8-2-11(20(28,29)30)13(5-15(8)24)22(34,35)36/h2-8,15,19H,1H3. The molecule has 216 valence electrons. The molecule has 4 unspecified atom stereocenters. The van der Waals surface area contributed by atoms with Crippen molar-refractivity contribution in [1.82, 2.24) is 0 Å². The highest BCUT2D eigenvalue weighted by Gasteiger charge is 2.50. The quantitative estimate of drug-likeness (QED) is 0.206. The van der Waals surface area contributed by atoms with Gasteiger partial charge in [0.1, 0.15) is 0 Å². The number of alkyl halides is 14. The fraction of sp³-hybridized carbons (Fsp3) is 0.391. The monoisotopic (exact) mass is 832 g/mol. The van der Waals surface area contributed by atoms with Gasteiger partial charge < -0.3 is 0 Å². The zero-order valence-corrected chi connectivity index (χ0v) is 25.1. The lowest BCUT2D eigenvalue weighted by atomic mass is 9.76. The van der Waals surface area contributed by atoms with E-state index in [2.05, 4.69) is 63.7 Å². The number of hydrogen-bond acceptors (Lipinski definition) is 0. The topological polar surface area (TPSA) is 0 Å². The lowest BCUT2D eigenvalue weighted by Crippen LogP contribution is -2.33. The molecular weight excluding hydrogens is 824 g/mol. The van der Waals surface area contributed by atoms with E-state index in [9.17, 15) is 52.7 Å². The molecule has 0 radical (unpaired) electrons. The van der Waals surface area contributed by atoms with E-state index in [0.717, 1.165) is 0 Å². The van der Waals surface area contributed by atoms with Gasteiger partial charge in [-0.3, -0.25) is 0 Å².